The lowest BCUT2D eigenvalue weighted by Crippen LogP contribution is -2.34. The number of aromatic nitrogens is 2. The molecule has 0 spiro atoms. The molecule has 1 aromatic rings. The van der Waals surface area contributed by atoms with Crippen LogP contribution in [-0.2, 0) is 16.1 Å². The number of rotatable bonds is 7. The van der Waals surface area contributed by atoms with Crippen molar-refractivity contribution in [2.45, 2.75) is 19.9 Å². The molecule has 1 heterocycles. The van der Waals surface area contributed by atoms with Crippen LogP contribution >= 0.6 is 0 Å². The van der Waals surface area contributed by atoms with Crippen LogP contribution in [0.1, 0.15) is 13.3 Å². The van der Waals surface area contributed by atoms with E-state index in [1.165, 1.54) is 12.3 Å². The summed E-state index contributed by atoms with van der Waals surface area (Å²) in [7, 11) is 0. The average molecular weight is 270 g/mol. The SMILES string of the molecule is CCC(CNC(=O)Cn1ccc([N+](=O)[O-])n1)C(=O)O. The van der Waals surface area contributed by atoms with E-state index in [1.54, 1.807) is 6.92 Å². The summed E-state index contributed by atoms with van der Waals surface area (Å²) < 4.78 is 1.12. The molecule has 0 saturated carbocycles. The van der Waals surface area contributed by atoms with Crippen molar-refractivity contribution >= 4 is 17.7 Å². The van der Waals surface area contributed by atoms with Crippen LogP contribution in [0.4, 0.5) is 5.82 Å². The molecular weight excluding hydrogens is 256 g/mol. The fourth-order valence-electron chi connectivity index (χ4n) is 1.38. The van der Waals surface area contributed by atoms with E-state index in [4.69, 9.17) is 5.11 Å². The van der Waals surface area contributed by atoms with Crippen LogP contribution in [0.2, 0.25) is 0 Å². The average Bonchev–Trinajstić information content (AvgIpc) is 2.78. The first kappa shape index (κ1) is 14.6. The molecule has 9 heteroatoms. The van der Waals surface area contributed by atoms with E-state index in [0.717, 1.165) is 4.68 Å². The van der Waals surface area contributed by atoms with Crippen molar-refractivity contribution in [1.82, 2.24) is 15.1 Å². The zero-order valence-corrected chi connectivity index (χ0v) is 10.3. The Morgan fingerprint density at radius 3 is 2.79 bits per heavy atom. The highest BCUT2D eigenvalue weighted by atomic mass is 16.6. The summed E-state index contributed by atoms with van der Waals surface area (Å²) in [5, 5.41) is 25.2. The molecule has 9 nitrogen and oxygen atoms in total. The molecule has 2 N–H and O–H groups in total. The number of aliphatic carboxylic acids is 1. The first-order chi connectivity index (χ1) is 8.93. The van der Waals surface area contributed by atoms with Crippen molar-refractivity contribution < 1.29 is 19.6 Å². The highest BCUT2D eigenvalue weighted by Crippen LogP contribution is 2.05. The topological polar surface area (TPSA) is 127 Å². The predicted molar refractivity (Wildman–Crippen MR) is 63.3 cm³/mol. The minimum absolute atomic E-state index is 0.0219. The number of nitrogens with zero attached hydrogens (tertiary/aromatic N) is 3. The van der Waals surface area contributed by atoms with Crippen molar-refractivity contribution in [2.24, 2.45) is 5.92 Å². The minimum atomic E-state index is -0.975. The molecule has 0 radical (unpaired) electrons. The van der Waals surface area contributed by atoms with E-state index < -0.39 is 22.7 Å². The van der Waals surface area contributed by atoms with Crippen LogP contribution in [-0.4, -0.2) is 38.2 Å². The molecule has 1 aromatic heterocycles. The van der Waals surface area contributed by atoms with Crippen molar-refractivity contribution in [3.63, 3.8) is 0 Å². The van der Waals surface area contributed by atoms with Gasteiger partial charge in [-0.05, 0) is 11.3 Å². The Morgan fingerprint density at radius 1 is 1.63 bits per heavy atom. The van der Waals surface area contributed by atoms with Gasteiger partial charge in [-0.15, -0.1) is 0 Å². The summed E-state index contributed by atoms with van der Waals surface area (Å²) in [6, 6.07) is 1.18. The number of carbonyl (C=O) groups is 2. The van der Waals surface area contributed by atoms with Gasteiger partial charge in [0.25, 0.3) is 0 Å². The normalized spacial score (nSPS) is 11.8. The number of nitro groups is 1. The largest absolute Gasteiger partial charge is 0.481 e. The number of hydrogen-bond acceptors (Lipinski definition) is 5. The maximum absolute atomic E-state index is 11.5. The van der Waals surface area contributed by atoms with Crippen LogP contribution < -0.4 is 5.32 Å². The van der Waals surface area contributed by atoms with Gasteiger partial charge >= 0.3 is 11.8 Å². The van der Waals surface area contributed by atoms with Gasteiger partial charge in [-0.2, -0.15) is 4.68 Å². The molecule has 0 bridgehead atoms. The van der Waals surface area contributed by atoms with Crippen LogP contribution in [0.25, 0.3) is 0 Å². The Hall–Kier alpha value is -2.45. The van der Waals surface area contributed by atoms with Gasteiger partial charge in [0.05, 0.1) is 23.3 Å². The van der Waals surface area contributed by atoms with Crippen LogP contribution in [0.5, 0.6) is 0 Å². The summed E-state index contributed by atoms with van der Waals surface area (Å²) in [4.78, 5) is 32.0. The first-order valence-electron chi connectivity index (χ1n) is 5.61. The van der Waals surface area contributed by atoms with Crippen LogP contribution in [0, 0.1) is 16.0 Å². The molecule has 1 unspecified atom stereocenters. The zero-order chi connectivity index (χ0) is 14.4. The van der Waals surface area contributed by atoms with Crippen molar-refractivity contribution in [3.8, 4) is 0 Å². The third-order valence-electron chi connectivity index (χ3n) is 2.51. The van der Waals surface area contributed by atoms with Crippen molar-refractivity contribution in [3.05, 3.63) is 22.4 Å². The number of carbonyl (C=O) groups excluding carboxylic acids is 1. The molecule has 1 atom stereocenters. The maximum Gasteiger partial charge on any atom is 0.389 e. The lowest BCUT2D eigenvalue weighted by molar-refractivity contribution is -0.389. The fraction of sp³-hybridized carbons (Fsp3) is 0.500. The fourth-order valence-corrected chi connectivity index (χ4v) is 1.38. The number of carboxylic acid groups (broad SMARTS) is 1. The van der Waals surface area contributed by atoms with Gasteiger partial charge in [-0.25, -0.2) is 0 Å². The minimum Gasteiger partial charge on any atom is -0.481 e. The summed E-state index contributed by atoms with van der Waals surface area (Å²) >= 11 is 0. The van der Waals surface area contributed by atoms with Crippen LogP contribution in [0.3, 0.4) is 0 Å². The maximum atomic E-state index is 11.5. The summed E-state index contributed by atoms with van der Waals surface area (Å²) in [5.74, 6) is -2.41. The second-order valence-electron chi connectivity index (χ2n) is 3.88. The molecule has 0 aromatic carbocycles. The standard InChI is InChI=1S/C10H14N4O5/c1-2-7(10(16)17)5-11-9(15)6-13-4-3-8(12-13)14(18)19/h3-4,7H,2,5-6H2,1H3,(H,11,15)(H,16,17). The third-order valence-corrected chi connectivity index (χ3v) is 2.51. The van der Waals surface area contributed by atoms with Gasteiger partial charge in [0.15, 0.2) is 0 Å². The molecule has 0 aliphatic carbocycles. The molecule has 1 rings (SSSR count). The lowest BCUT2D eigenvalue weighted by Gasteiger charge is -2.10. The zero-order valence-electron chi connectivity index (χ0n) is 10.3. The Kier molecular flexibility index (Phi) is 4.98. The second kappa shape index (κ2) is 6.47. The summed E-state index contributed by atoms with van der Waals surface area (Å²) in [6.07, 6.45) is 1.72. The summed E-state index contributed by atoms with van der Waals surface area (Å²) in [5.41, 5.74) is 0. The number of amides is 1. The van der Waals surface area contributed by atoms with Crippen LogP contribution in [0.15, 0.2) is 12.3 Å². The molecule has 0 saturated heterocycles. The predicted octanol–water partition coefficient (Wildman–Crippen LogP) is 0.0183. The Balaban J connectivity index is 2.46. The second-order valence-corrected chi connectivity index (χ2v) is 3.88. The van der Waals surface area contributed by atoms with E-state index in [-0.39, 0.29) is 18.9 Å². The first-order valence-corrected chi connectivity index (χ1v) is 5.61. The number of hydrogen-bond donors (Lipinski definition) is 2. The number of nitrogens with one attached hydrogen (secondary N) is 1. The van der Waals surface area contributed by atoms with Gasteiger partial charge in [-0.3, -0.25) is 9.59 Å². The third kappa shape index (κ3) is 4.37. The highest BCUT2D eigenvalue weighted by Gasteiger charge is 2.17. The van der Waals surface area contributed by atoms with Gasteiger partial charge in [0.1, 0.15) is 6.54 Å². The van der Waals surface area contributed by atoms with E-state index in [0.29, 0.717) is 6.42 Å². The Bertz CT molecular complexity index is 484. The molecule has 0 aliphatic rings. The Morgan fingerprint density at radius 2 is 2.32 bits per heavy atom. The van der Waals surface area contributed by atoms with Gasteiger partial charge in [0.2, 0.25) is 5.91 Å². The van der Waals surface area contributed by atoms with E-state index >= 15 is 0 Å². The monoisotopic (exact) mass is 270 g/mol. The quantitative estimate of drug-likeness (QED) is 0.531. The molecular formula is C10H14N4O5. The Labute approximate surface area is 108 Å². The molecule has 1 amide bonds. The van der Waals surface area contributed by atoms with Gasteiger partial charge < -0.3 is 20.5 Å². The van der Waals surface area contributed by atoms with E-state index in [2.05, 4.69) is 10.4 Å². The molecule has 0 fully saturated rings. The smallest absolute Gasteiger partial charge is 0.389 e. The van der Waals surface area contributed by atoms with Crippen molar-refractivity contribution in [1.29, 1.82) is 0 Å². The van der Waals surface area contributed by atoms with Crippen molar-refractivity contribution in [2.75, 3.05) is 6.54 Å². The molecule has 104 valence electrons. The van der Waals surface area contributed by atoms with E-state index in [9.17, 15) is 19.7 Å². The molecule has 0 aliphatic heterocycles. The number of carboxylic acids is 1. The van der Waals surface area contributed by atoms with Gasteiger partial charge in [0, 0.05) is 6.54 Å². The molecule has 19 heavy (non-hydrogen) atoms. The summed E-state index contributed by atoms with van der Waals surface area (Å²) in [6.45, 7) is 1.54. The lowest BCUT2D eigenvalue weighted by atomic mass is 10.1. The van der Waals surface area contributed by atoms with E-state index in [1.807, 2.05) is 0 Å². The van der Waals surface area contributed by atoms with Gasteiger partial charge in [-0.1, -0.05) is 6.92 Å². The highest BCUT2D eigenvalue weighted by molar-refractivity contribution is 5.77.